The first-order chi connectivity index (χ1) is 12.8. The molecule has 0 N–H and O–H groups in total. The summed E-state index contributed by atoms with van der Waals surface area (Å²) in [4.78, 5) is 43.1. The number of hydrogen-bond acceptors (Lipinski definition) is 5. The van der Waals surface area contributed by atoms with Crippen LogP contribution < -0.4 is 0 Å². The largest absolute Gasteiger partial charge is 0.466 e. The molecule has 3 amide bonds. The van der Waals surface area contributed by atoms with E-state index in [1.165, 1.54) is 0 Å². The molecule has 2 fully saturated rings. The van der Waals surface area contributed by atoms with Crippen molar-refractivity contribution in [3.63, 3.8) is 0 Å². The van der Waals surface area contributed by atoms with E-state index in [1.807, 2.05) is 32.6 Å². The molecule has 28 heavy (non-hydrogen) atoms. The number of urea groups is 1. The average molecular weight is 398 g/mol. The van der Waals surface area contributed by atoms with E-state index in [4.69, 9.17) is 9.47 Å². The van der Waals surface area contributed by atoms with Gasteiger partial charge in [0.15, 0.2) is 0 Å². The van der Waals surface area contributed by atoms with E-state index >= 15 is 0 Å². The predicted octanol–water partition coefficient (Wildman–Crippen LogP) is 2.71. The van der Waals surface area contributed by atoms with Crippen molar-refractivity contribution < 1.29 is 23.9 Å². The quantitative estimate of drug-likeness (QED) is 0.667. The molecule has 2 aliphatic heterocycles. The van der Waals surface area contributed by atoms with Gasteiger partial charge in [-0.1, -0.05) is 6.92 Å². The second kappa shape index (κ2) is 7.79. The number of hydrogen-bond donors (Lipinski definition) is 0. The molecule has 2 heterocycles. The summed E-state index contributed by atoms with van der Waals surface area (Å²) in [6.07, 6.45) is 0.367. The van der Waals surface area contributed by atoms with Crippen molar-refractivity contribution in [3.8, 4) is 0 Å². The summed E-state index contributed by atoms with van der Waals surface area (Å²) in [5, 5.41) is 0. The summed E-state index contributed by atoms with van der Waals surface area (Å²) in [6.45, 7) is 15.3. The Morgan fingerprint density at radius 2 is 1.71 bits per heavy atom. The van der Waals surface area contributed by atoms with Gasteiger partial charge in [0.05, 0.1) is 17.6 Å². The number of esters is 1. The van der Waals surface area contributed by atoms with Crippen LogP contribution in [0.15, 0.2) is 0 Å². The van der Waals surface area contributed by atoms with E-state index < -0.39 is 16.6 Å². The maximum atomic E-state index is 13.0. The molecule has 0 spiro atoms. The van der Waals surface area contributed by atoms with Gasteiger partial charge in [0.25, 0.3) is 0 Å². The lowest BCUT2D eigenvalue weighted by Crippen LogP contribution is -2.62. The van der Waals surface area contributed by atoms with Gasteiger partial charge in [-0.15, -0.1) is 0 Å². The molecule has 2 rings (SSSR count). The molecule has 8 heteroatoms. The summed E-state index contributed by atoms with van der Waals surface area (Å²) in [5.41, 5.74) is -1.81. The van der Waals surface area contributed by atoms with Crippen LogP contribution in [0.2, 0.25) is 0 Å². The van der Waals surface area contributed by atoms with Crippen LogP contribution in [0, 0.1) is 5.41 Å². The fraction of sp³-hybridized carbons (Fsp3) is 0.850. The minimum absolute atomic E-state index is 0.0805. The third-order valence-electron chi connectivity index (χ3n) is 5.36. The number of nitrogens with zero attached hydrogens (tertiary/aromatic N) is 3. The SMILES string of the molecule is CCOC(=O)C(C)(C)CN1CC2(CC)CN(C(=O)OC(C)(C)C)CCN2C1=O. The molecule has 1 atom stereocenters. The molecular weight excluding hydrogens is 362 g/mol. The number of carbonyl (C=O) groups is 3. The van der Waals surface area contributed by atoms with Gasteiger partial charge in [-0.2, -0.15) is 0 Å². The number of amides is 3. The van der Waals surface area contributed by atoms with E-state index in [-0.39, 0.29) is 24.6 Å². The van der Waals surface area contributed by atoms with Gasteiger partial charge >= 0.3 is 18.1 Å². The third-order valence-corrected chi connectivity index (χ3v) is 5.36. The fourth-order valence-electron chi connectivity index (χ4n) is 3.89. The van der Waals surface area contributed by atoms with Crippen LogP contribution in [0.1, 0.15) is 54.9 Å². The summed E-state index contributed by atoms with van der Waals surface area (Å²) in [5.74, 6) is -0.311. The Bertz CT molecular complexity index is 628. The standard InChI is InChI=1S/C20H35N3O5/c1-8-20-13-21(17(26)28-18(3,4)5)10-11-23(20)16(25)22(14-20)12-19(6,7)15(24)27-9-2/h8-14H2,1-7H3. The number of piperazine rings is 1. The molecule has 0 saturated carbocycles. The van der Waals surface area contributed by atoms with Crippen LogP contribution in [0.4, 0.5) is 9.59 Å². The van der Waals surface area contributed by atoms with Crippen LogP contribution in [0.25, 0.3) is 0 Å². The van der Waals surface area contributed by atoms with E-state index in [0.29, 0.717) is 39.2 Å². The van der Waals surface area contributed by atoms with Crippen LogP contribution in [-0.4, -0.2) is 83.3 Å². The van der Waals surface area contributed by atoms with Crippen LogP contribution in [0.5, 0.6) is 0 Å². The van der Waals surface area contributed by atoms with Gasteiger partial charge < -0.3 is 24.2 Å². The Morgan fingerprint density at radius 1 is 1.07 bits per heavy atom. The van der Waals surface area contributed by atoms with Crippen molar-refractivity contribution in [1.82, 2.24) is 14.7 Å². The predicted molar refractivity (Wildman–Crippen MR) is 105 cm³/mol. The lowest BCUT2D eigenvalue weighted by atomic mass is 9.90. The van der Waals surface area contributed by atoms with E-state index in [0.717, 1.165) is 0 Å². The molecular formula is C20H35N3O5. The van der Waals surface area contributed by atoms with Crippen molar-refractivity contribution in [1.29, 1.82) is 0 Å². The number of rotatable bonds is 5. The van der Waals surface area contributed by atoms with E-state index in [9.17, 15) is 14.4 Å². The maximum Gasteiger partial charge on any atom is 0.410 e. The van der Waals surface area contributed by atoms with Gasteiger partial charge in [-0.3, -0.25) is 4.79 Å². The van der Waals surface area contributed by atoms with Gasteiger partial charge in [0.2, 0.25) is 0 Å². The fourth-order valence-corrected chi connectivity index (χ4v) is 3.89. The third kappa shape index (κ3) is 4.52. The Kier molecular flexibility index (Phi) is 6.21. The summed E-state index contributed by atoms with van der Waals surface area (Å²) in [6, 6.07) is -0.0805. The normalized spacial score (nSPS) is 23.0. The highest BCUT2D eigenvalue weighted by atomic mass is 16.6. The Labute approximate surface area is 168 Å². The van der Waals surface area contributed by atoms with Crippen LogP contribution in [0.3, 0.4) is 0 Å². The van der Waals surface area contributed by atoms with Gasteiger partial charge in [0, 0.05) is 32.7 Å². The smallest absolute Gasteiger partial charge is 0.410 e. The van der Waals surface area contributed by atoms with E-state index in [1.54, 1.807) is 30.6 Å². The molecule has 160 valence electrons. The highest BCUT2D eigenvalue weighted by molar-refractivity contribution is 5.81. The summed E-state index contributed by atoms with van der Waals surface area (Å²) in [7, 11) is 0. The minimum atomic E-state index is -0.792. The zero-order valence-corrected chi connectivity index (χ0v) is 18.3. The number of ether oxygens (including phenoxy) is 2. The van der Waals surface area contributed by atoms with Crippen molar-refractivity contribution in [2.45, 2.75) is 66.0 Å². The van der Waals surface area contributed by atoms with Crippen LogP contribution in [-0.2, 0) is 14.3 Å². The second-order valence-corrected chi connectivity index (χ2v) is 9.37. The number of fused-ring (bicyclic) bond motifs is 1. The molecule has 2 aliphatic rings. The Balaban J connectivity index is 2.15. The Hall–Kier alpha value is -1.99. The monoisotopic (exact) mass is 397 g/mol. The second-order valence-electron chi connectivity index (χ2n) is 9.37. The van der Waals surface area contributed by atoms with Gasteiger partial charge in [-0.05, 0) is 48.0 Å². The van der Waals surface area contributed by atoms with Gasteiger partial charge in [-0.25, -0.2) is 9.59 Å². The average Bonchev–Trinajstić information content (AvgIpc) is 2.85. The topological polar surface area (TPSA) is 79.4 Å². The first kappa shape index (κ1) is 22.3. The van der Waals surface area contributed by atoms with Crippen molar-refractivity contribution in [2.24, 2.45) is 5.41 Å². The first-order valence-corrected chi connectivity index (χ1v) is 10.1. The highest BCUT2D eigenvalue weighted by Crippen LogP contribution is 2.35. The minimum Gasteiger partial charge on any atom is -0.466 e. The molecule has 0 bridgehead atoms. The van der Waals surface area contributed by atoms with Crippen LogP contribution >= 0.6 is 0 Å². The molecule has 0 aliphatic carbocycles. The zero-order valence-electron chi connectivity index (χ0n) is 18.3. The molecule has 1 unspecified atom stereocenters. The molecule has 0 aromatic carbocycles. The highest BCUT2D eigenvalue weighted by Gasteiger charge is 2.53. The zero-order chi connectivity index (χ0) is 21.3. The lowest BCUT2D eigenvalue weighted by molar-refractivity contribution is -0.154. The lowest BCUT2D eigenvalue weighted by Gasteiger charge is -2.45. The Morgan fingerprint density at radius 3 is 2.25 bits per heavy atom. The number of carbonyl (C=O) groups excluding carboxylic acids is 3. The molecule has 0 aromatic heterocycles. The molecule has 0 aromatic rings. The summed E-state index contributed by atoms with van der Waals surface area (Å²) >= 11 is 0. The first-order valence-electron chi connectivity index (χ1n) is 10.1. The van der Waals surface area contributed by atoms with Crippen molar-refractivity contribution in [2.75, 3.05) is 39.3 Å². The summed E-state index contributed by atoms with van der Waals surface area (Å²) < 4.78 is 10.7. The van der Waals surface area contributed by atoms with Gasteiger partial charge in [0.1, 0.15) is 5.60 Å². The van der Waals surface area contributed by atoms with Crippen molar-refractivity contribution >= 4 is 18.1 Å². The molecule has 0 radical (unpaired) electrons. The van der Waals surface area contributed by atoms with Crippen molar-refractivity contribution in [3.05, 3.63) is 0 Å². The maximum absolute atomic E-state index is 13.0. The van der Waals surface area contributed by atoms with E-state index in [2.05, 4.69) is 0 Å². The molecule has 8 nitrogen and oxygen atoms in total. The molecule has 2 saturated heterocycles.